The third-order valence-electron chi connectivity index (χ3n) is 2.50. The molecule has 0 fully saturated rings. The molecule has 0 saturated carbocycles. The molecule has 0 aromatic heterocycles. The first-order chi connectivity index (χ1) is 9.92. The van der Waals surface area contributed by atoms with E-state index in [2.05, 4.69) is 0 Å². The smallest absolute Gasteiger partial charge is 0.313 e. The van der Waals surface area contributed by atoms with Crippen molar-refractivity contribution in [1.29, 1.82) is 0 Å². The zero-order chi connectivity index (χ0) is 16.0. The second-order valence-electron chi connectivity index (χ2n) is 3.92. The van der Waals surface area contributed by atoms with E-state index in [0.717, 1.165) is 11.0 Å². The van der Waals surface area contributed by atoms with E-state index in [-0.39, 0.29) is 13.1 Å². The number of aliphatic hydroxyl groups excluding tert-OH is 2. The summed E-state index contributed by atoms with van der Waals surface area (Å²) in [6.45, 7) is -1.32. The Morgan fingerprint density at radius 3 is 2.14 bits per heavy atom. The van der Waals surface area contributed by atoms with E-state index in [1.54, 1.807) is 5.32 Å². The van der Waals surface area contributed by atoms with Gasteiger partial charge in [0.05, 0.1) is 18.9 Å². The van der Waals surface area contributed by atoms with Crippen LogP contribution < -0.4 is 5.32 Å². The minimum atomic E-state index is -1.78. The Morgan fingerprint density at radius 1 is 1.05 bits per heavy atom. The SMILES string of the molecule is O=C(Nc1ccc(F)c(F)c1F)C(=O)N(CCO)CCO. The molecular weight excluding hydrogens is 293 g/mol. The molecule has 0 atom stereocenters. The van der Waals surface area contributed by atoms with Gasteiger partial charge in [0.15, 0.2) is 17.5 Å². The highest BCUT2D eigenvalue weighted by Gasteiger charge is 2.23. The summed E-state index contributed by atoms with van der Waals surface area (Å²) in [5.74, 6) is -7.29. The van der Waals surface area contributed by atoms with E-state index in [9.17, 15) is 22.8 Å². The van der Waals surface area contributed by atoms with Gasteiger partial charge in [-0.15, -0.1) is 0 Å². The Morgan fingerprint density at radius 2 is 1.62 bits per heavy atom. The van der Waals surface area contributed by atoms with Gasteiger partial charge in [0.25, 0.3) is 0 Å². The molecule has 0 aliphatic carbocycles. The summed E-state index contributed by atoms with van der Waals surface area (Å²) >= 11 is 0. The molecule has 1 rings (SSSR count). The van der Waals surface area contributed by atoms with E-state index >= 15 is 0 Å². The summed E-state index contributed by atoms with van der Waals surface area (Å²) in [5.41, 5.74) is -0.694. The van der Waals surface area contributed by atoms with Crippen molar-refractivity contribution in [2.75, 3.05) is 31.6 Å². The maximum absolute atomic E-state index is 13.3. The van der Waals surface area contributed by atoms with Crippen LogP contribution in [0.2, 0.25) is 0 Å². The monoisotopic (exact) mass is 306 g/mol. The Balaban J connectivity index is 2.85. The molecule has 3 N–H and O–H groups in total. The average Bonchev–Trinajstić information content (AvgIpc) is 2.46. The second kappa shape index (κ2) is 7.60. The van der Waals surface area contributed by atoms with Crippen molar-refractivity contribution >= 4 is 17.5 Å². The van der Waals surface area contributed by atoms with Crippen LogP contribution in [0.25, 0.3) is 0 Å². The first-order valence-electron chi connectivity index (χ1n) is 5.87. The first-order valence-corrected chi connectivity index (χ1v) is 5.87. The molecular formula is C12H13F3N2O4. The number of amides is 2. The molecule has 9 heteroatoms. The van der Waals surface area contributed by atoms with Crippen LogP contribution in [0.5, 0.6) is 0 Å². The number of anilines is 1. The molecule has 0 spiro atoms. The summed E-state index contributed by atoms with van der Waals surface area (Å²) in [7, 11) is 0. The van der Waals surface area contributed by atoms with Gasteiger partial charge in [0.2, 0.25) is 0 Å². The van der Waals surface area contributed by atoms with Gasteiger partial charge in [-0.25, -0.2) is 13.2 Å². The minimum absolute atomic E-state index is 0.215. The molecule has 1 aromatic rings. The van der Waals surface area contributed by atoms with Gasteiger partial charge >= 0.3 is 11.8 Å². The van der Waals surface area contributed by atoms with Crippen LogP contribution in [0.15, 0.2) is 12.1 Å². The maximum atomic E-state index is 13.3. The molecule has 21 heavy (non-hydrogen) atoms. The van der Waals surface area contributed by atoms with Crippen molar-refractivity contribution < 1.29 is 33.0 Å². The number of aliphatic hydroxyl groups is 2. The third kappa shape index (κ3) is 4.17. The van der Waals surface area contributed by atoms with Gasteiger partial charge in [0.1, 0.15) is 0 Å². The summed E-state index contributed by atoms with van der Waals surface area (Å²) in [6, 6.07) is 1.36. The van der Waals surface area contributed by atoms with Crippen molar-refractivity contribution in [3.05, 3.63) is 29.6 Å². The minimum Gasteiger partial charge on any atom is -0.395 e. The lowest BCUT2D eigenvalue weighted by Crippen LogP contribution is -2.42. The molecule has 6 nitrogen and oxygen atoms in total. The standard InChI is InChI=1S/C12H13F3N2O4/c13-7-1-2-8(10(15)9(7)14)16-11(20)12(21)17(3-5-18)4-6-19/h1-2,18-19H,3-6H2,(H,16,20). The lowest BCUT2D eigenvalue weighted by atomic mass is 10.2. The number of hydrogen-bond donors (Lipinski definition) is 3. The molecule has 0 heterocycles. The zero-order valence-electron chi connectivity index (χ0n) is 10.8. The van der Waals surface area contributed by atoms with Crippen LogP contribution in [0.1, 0.15) is 0 Å². The fourth-order valence-corrected chi connectivity index (χ4v) is 1.50. The van der Waals surface area contributed by atoms with Crippen LogP contribution >= 0.6 is 0 Å². The highest BCUT2D eigenvalue weighted by atomic mass is 19.2. The topological polar surface area (TPSA) is 89.9 Å². The van der Waals surface area contributed by atoms with Gasteiger partial charge in [-0.2, -0.15) is 0 Å². The predicted molar refractivity (Wildman–Crippen MR) is 65.7 cm³/mol. The largest absolute Gasteiger partial charge is 0.395 e. The van der Waals surface area contributed by atoms with Crippen LogP contribution in [-0.4, -0.2) is 53.2 Å². The van der Waals surface area contributed by atoms with Crippen molar-refractivity contribution in [2.45, 2.75) is 0 Å². The number of benzene rings is 1. The summed E-state index contributed by atoms with van der Waals surface area (Å²) in [4.78, 5) is 24.1. The van der Waals surface area contributed by atoms with Crippen LogP contribution in [0.4, 0.5) is 18.9 Å². The highest BCUT2D eigenvalue weighted by Crippen LogP contribution is 2.19. The van der Waals surface area contributed by atoms with E-state index in [1.807, 2.05) is 0 Å². The van der Waals surface area contributed by atoms with E-state index < -0.39 is 48.2 Å². The van der Waals surface area contributed by atoms with Gasteiger partial charge in [-0.3, -0.25) is 9.59 Å². The number of rotatable bonds is 5. The molecule has 0 radical (unpaired) electrons. The van der Waals surface area contributed by atoms with Crippen LogP contribution in [0, 0.1) is 17.5 Å². The molecule has 116 valence electrons. The Bertz CT molecular complexity index is 533. The number of hydrogen-bond acceptors (Lipinski definition) is 4. The maximum Gasteiger partial charge on any atom is 0.313 e. The normalized spacial score (nSPS) is 10.3. The Kier molecular flexibility index (Phi) is 6.12. The van der Waals surface area contributed by atoms with Crippen LogP contribution in [0.3, 0.4) is 0 Å². The molecule has 0 unspecified atom stereocenters. The van der Waals surface area contributed by atoms with Gasteiger partial charge in [0, 0.05) is 13.1 Å². The summed E-state index contributed by atoms with van der Waals surface area (Å²) in [6.07, 6.45) is 0. The second-order valence-corrected chi connectivity index (χ2v) is 3.92. The van der Waals surface area contributed by atoms with Crippen molar-refractivity contribution in [3.63, 3.8) is 0 Å². The Hall–Kier alpha value is -2.13. The molecule has 1 aromatic carbocycles. The third-order valence-corrected chi connectivity index (χ3v) is 2.50. The molecule has 0 aliphatic rings. The Labute approximate surface area is 117 Å². The fraction of sp³-hybridized carbons (Fsp3) is 0.333. The van der Waals surface area contributed by atoms with E-state index in [4.69, 9.17) is 10.2 Å². The zero-order valence-corrected chi connectivity index (χ0v) is 10.8. The average molecular weight is 306 g/mol. The number of nitrogens with one attached hydrogen (secondary N) is 1. The van der Waals surface area contributed by atoms with E-state index in [1.165, 1.54) is 0 Å². The molecule has 0 aliphatic heterocycles. The molecule has 0 bridgehead atoms. The predicted octanol–water partition coefficient (Wildman–Crippen LogP) is -0.144. The van der Waals surface area contributed by atoms with Crippen molar-refractivity contribution in [3.8, 4) is 0 Å². The molecule has 2 amide bonds. The lowest BCUT2D eigenvalue weighted by molar-refractivity contribution is -0.143. The number of carbonyl (C=O) groups is 2. The molecule has 0 saturated heterocycles. The van der Waals surface area contributed by atoms with Crippen molar-refractivity contribution in [2.24, 2.45) is 0 Å². The van der Waals surface area contributed by atoms with Gasteiger partial charge < -0.3 is 20.4 Å². The van der Waals surface area contributed by atoms with Gasteiger partial charge in [-0.1, -0.05) is 0 Å². The van der Waals surface area contributed by atoms with Crippen molar-refractivity contribution in [1.82, 2.24) is 4.90 Å². The summed E-state index contributed by atoms with van der Waals surface area (Å²) < 4.78 is 39.1. The number of nitrogens with zero attached hydrogens (tertiary/aromatic N) is 1. The van der Waals surface area contributed by atoms with Crippen LogP contribution in [-0.2, 0) is 9.59 Å². The summed E-state index contributed by atoms with van der Waals surface area (Å²) in [5, 5.41) is 19.3. The fourth-order valence-electron chi connectivity index (χ4n) is 1.50. The van der Waals surface area contributed by atoms with E-state index in [0.29, 0.717) is 6.07 Å². The number of halogens is 3. The highest BCUT2D eigenvalue weighted by molar-refractivity contribution is 6.39. The van der Waals surface area contributed by atoms with Gasteiger partial charge in [-0.05, 0) is 12.1 Å². The first kappa shape index (κ1) is 16.9. The number of carbonyl (C=O) groups excluding carboxylic acids is 2. The lowest BCUT2D eigenvalue weighted by Gasteiger charge is -2.19. The quantitative estimate of drug-likeness (QED) is 0.521.